The number of carbonyl (C=O) groups is 1. The molecule has 1 aliphatic rings. The minimum absolute atomic E-state index is 0.0222. The van der Waals surface area contributed by atoms with Gasteiger partial charge in [-0.1, -0.05) is 11.6 Å². The number of rotatable bonds is 4. The first-order valence-corrected chi connectivity index (χ1v) is 9.55. The van der Waals surface area contributed by atoms with Crippen molar-refractivity contribution in [3.8, 4) is 0 Å². The quantitative estimate of drug-likeness (QED) is 0.741. The van der Waals surface area contributed by atoms with Gasteiger partial charge < -0.3 is 4.90 Å². The van der Waals surface area contributed by atoms with Crippen LogP contribution in [0.3, 0.4) is 0 Å². The Balaban J connectivity index is 1.64. The van der Waals surface area contributed by atoms with Gasteiger partial charge in [-0.2, -0.15) is 0 Å². The third-order valence-electron chi connectivity index (χ3n) is 4.45. The second kappa shape index (κ2) is 8.15. The molecule has 5 nitrogen and oxygen atoms in total. The van der Waals surface area contributed by atoms with Gasteiger partial charge in [0.1, 0.15) is 11.6 Å². The molecule has 1 fully saturated rings. The smallest absolute Gasteiger partial charge is 0.231 e. The third kappa shape index (κ3) is 4.30. The Morgan fingerprint density at radius 3 is 2.56 bits per heavy atom. The van der Waals surface area contributed by atoms with Crippen molar-refractivity contribution in [3.63, 3.8) is 0 Å². The summed E-state index contributed by atoms with van der Waals surface area (Å²) in [5, 5.41) is 0.634. The van der Waals surface area contributed by atoms with E-state index in [2.05, 4.69) is 30.8 Å². The fraction of sp³-hybridized carbons (Fsp3) is 0.389. The monoisotopic (exact) mass is 422 g/mol. The first kappa shape index (κ1) is 18.1. The molecule has 0 atom stereocenters. The third-order valence-corrected chi connectivity index (χ3v) is 5.14. The number of pyridine rings is 2. The minimum atomic E-state index is 0.0222. The van der Waals surface area contributed by atoms with Crippen LogP contribution in [0, 0.1) is 5.92 Å². The summed E-state index contributed by atoms with van der Waals surface area (Å²) < 4.78 is 0.906. The number of amides is 1. The summed E-state index contributed by atoms with van der Waals surface area (Å²) in [7, 11) is 0. The highest BCUT2D eigenvalue weighted by molar-refractivity contribution is 9.10. The Bertz CT molecular complexity index is 715. The van der Waals surface area contributed by atoms with Crippen LogP contribution in [0.5, 0.6) is 0 Å². The van der Waals surface area contributed by atoms with Gasteiger partial charge in [-0.3, -0.25) is 9.69 Å². The summed E-state index contributed by atoms with van der Waals surface area (Å²) in [5.41, 5.74) is 0. The topological polar surface area (TPSA) is 49.3 Å². The summed E-state index contributed by atoms with van der Waals surface area (Å²) in [4.78, 5) is 25.6. The van der Waals surface area contributed by atoms with Crippen LogP contribution in [0.4, 0.5) is 11.6 Å². The highest BCUT2D eigenvalue weighted by Crippen LogP contribution is 2.26. The number of carbonyl (C=O) groups excluding carboxylic acids is 1. The maximum absolute atomic E-state index is 12.9. The van der Waals surface area contributed by atoms with Crippen molar-refractivity contribution in [2.75, 3.05) is 29.4 Å². The molecular weight excluding hydrogens is 404 g/mol. The first-order valence-electron chi connectivity index (χ1n) is 8.38. The molecule has 132 valence electrons. The number of hydrogen-bond acceptors (Lipinski definition) is 4. The Kier molecular flexibility index (Phi) is 5.91. The lowest BCUT2D eigenvalue weighted by molar-refractivity contribution is -0.123. The molecule has 0 spiro atoms. The number of nitrogens with zero attached hydrogens (tertiary/aromatic N) is 4. The van der Waals surface area contributed by atoms with Gasteiger partial charge in [-0.05, 0) is 60.0 Å². The van der Waals surface area contributed by atoms with E-state index in [9.17, 15) is 4.79 Å². The van der Waals surface area contributed by atoms with E-state index >= 15 is 0 Å². The van der Waals surface area contributed by atoms with Gasteiger partial charge in [-0.15, -0.1) is 0 Å². The van der Waals surface area contributed by atoms with E-state index in [-0.39, 0.29) is 11.8 Å². The van der Waals surface area contributed by atoms with Crippen molar-refractivity contribution in [3.05, 3.63) is 46.2 Å². The van der Waals surface area contributed by atoms with Gasteiger partial charge in [0.25, 0.3) is 0 Å². The van der Waals surface area contributed by atoms with Crippen molar-refractivity contribution in [2.24, 2.45) is 5.92 Å². The van der Waals surface area contributed by atoms with Crippen LogP contribution in [0.15, 0.2) is 41.1 Å². The van der Waals surface area contributed by atoms with Crippen molar-refractivity contribution in [1.82, 2.24) is 9.97 Å². The van der Waals surface area contributed by atoms with Crippen LogP contribution < -0.4 is 9.80 Å². The largest absolute Gasteiger partial charge is 0.357 e. The van der Waals surface area contributed by atoms with Gasteiger partial charge in [0.15, 0.2) is 0 Å². The summed E-state index contributed by atoms with van der Waals surface area (Å²) in [5.74, 6) is 1.80. The highest BCUT2D eigenvalue weighted by Gasteiger charge is 2.29. The van der Waals surface area contributed by atoms with Crippen LogP contribution in [0.1, 0.15) is 19.8 Å². The van der Waals surface area contributed by atoms with Gasteiger partial charge in [0.05, 0.1) is 5.02 Å². The maximum Gasteiger partial charge on any atom is 0.231 e. The van der Waals surface area contributed by atoms with Crippen molar-refractivity contribution < 1.29 is 4.79 Å². The number of piperidine rings is 1. The van der Waals surface area contributed by atoms with Crippen LogP contribution in [0.25, 0.3) is 0 Å². The van der Waals surface area contributed by atoms with E-state index in [0.717, 1.165) is 36.2 Å². The normalized spacial score (nSPS) is 15.2. The lowest BCUT2D eigenvalue weighted by Crippen LogP contribution is -2.43. The Morgan fingerprint density at radius 2 is 2.00 bits per heavy atom. The fourth-order valence-corrected chi connectivity index (χ4v) is 3.44. The number of hydrogen-bond donors (Lipinski definition) is 0. The molecular formula is C18H20BrClN4O. The molecule has 7 heteroatoms. The van der Waals surface area contributed by atoms with Crippen molar-refractivity contribution in [2.45, 2.75) is 19.8 Å². The van der Waals surface area contributed by atoms with Crippen molar-refractivity contribution in [1.29, 1.82) is 0 Å². The lowest BCUT2D eigenvalue weighted by Gasteiger charge is -2.34. The van der Waals surface area contributed by atoms with E-state index in [1.54, 1.807) is 17.3 Å². The molecule has 0 N–H and O–H groups in total. The standard InChI is InChI=1S/C18H20BrClN4O/c1-2-24(17-5-3-14(19)11-21-17)18(25)13-7-9-23(10-8-13)16-6-4-15(20)12-22-16/h3-6,11-13H,2,7-10H2,1H3. The van der Waals surface area contributed by atoms with E-state index in [0.29, 0.717) is 17.4 Å². The van der Waals surface area contributed by atoms with E-state index < -0.39 is 0 Å². The number of aromatic nitrogens is 2. The van der Waals surface area contributed by atoms with E-state index in [4.69, 9.17) is 11.6 Å². The Labute approximate surface area is 161 Å². The molecule has 0 bridgehead atoms. The lowest BCUT2D eigenvalue weighted by atomic mass is 9.95. The Morgan fingerprint density at radius 1 is 1.24 bits per heavy atom. The predicted octanol–water partition coefficient (Wildman–Crippen LogP) is 4.16. The van der Waals surface area contributed by atoms with Crippen LogP contribution in [-0.4, -0.2) is 35.5 Å². The molecule has 0 aromatic carbocycles. The molecule has 3 rings (SSSR count). The molecule has 0 radical (unpaired) electrons. The number of anilines is 2. The van der Waals surface area contributed by atoms with Crippen LogP contribution in [0.2, 0.25) is 5.02 Å². The van der Waals surface area contributed by atoms with Gasteiger partial charge >= 0.3 is 0 Å². The first-order chi connectivity index (χ1) is 12.1. The second-order valence-corrected chi connectivity index (χ2v) is 7.37. The molecule has 1 saturated heterocycles. The highest BCUT2D eigenvalue weighted by atomic mass is 79.9. The summed E-state index contributed by atoms with van der Waals surface area (Å²) in [6, 6.07) is 7.55. The SMILES string of the molecule is CCN(C(=O)C1CCN(c2ccc(Cl)cn2)CC1)c1ccc(Br)cn1. The number of halogens is 2. The van der Waals surface area contributed by atoms with Crippen LogP contribution in [-0.2, 0) is 4.79 Å². The molecule has 1 amide bonds. The van der Waals surface area contributed by atoms with Gasteiger partial charge in [-0.25, -0.2) is 9.97 Å². The molecule has 0 aliphatic carbocycles. The van der Waals surface area contributed by atoms with E-state index in [1.807, 2.05) is 31.2 Å². The average Bonchev–Trinajstić information content (AvgIpc) is 2.64. The molecule has 2 aromatic heterocycles. The summed E-state index contributed by atoms with van der Waals surface area (Å²) >= 11 is 9.27. The maximum atomic E-state index is 12.9. The predicted molar refractivity (Wildman–Crippen MR) is 104 cm³/mol. The Hall–Kier alpha value is -1.66. The van der Waals surface area contributed by atoms with E-state index in [1.165, 1.54) is 0 Å². The summed E-state index contributed by atoms with van der Waals surface area (Å²) in [6.07, 6.45) is 5.01. The average molecular weight is 424 g/mol. The van der Waals surface area contributed by atoms with Crippen molar-refractivity contribution >= 4 is 45.1 Å². The zero-order chi connectivity index (χ0) is 17.8. The van der Waals surface area contributed by atoms with Gasteiger partial charge in [0, 0.05) is 42.4 Å². The molecule has 25 heavy (non-hydrogen) atoms. The molecule has 2 aromatic rings. The molecule has 0 saturated carbocycles. The zero-order valence-electron chi connectivity index (χ0n) is 14.0. The fourth-order valence-electron chi connectivity index (χ4n) is 3.09. The zero-order valence-corrected chi connectivity index (χ0v) is 16.4. The molecule has 1 aliphatic heterocycles. The molecule has 3 heterocycles. The molecule has 0 unspecified atom stereocenters. The summed E-state index contributed by atoms with van der Waals surface area (Å²) in [6.45, 7) is 4.23. The van der Waals surface area contributed by atoms with Gasteiger partial charge in [0.2, 0.25) is 5.91 Å². The minimum Gasteiger partial charge on any atom is -0.357 e. The second-order valence-electron chi connectivity index (χ2n) is 6.01. The van der Waals surface area contributed by atoms with Crippen LogP contribution >= 0.6 is 27.5 Å².